The second-order valence-corrected chi connectivity index (χ2v) is 6.19. The monoisotopic (exact) mass is 333 g/mol. The number of nitrogens with one attached hydrogen (secondary N) is 3. The van der Waals surface area contributed by atoms with Gasteiger partial charge in [-0.15, -0.1) is 11.8 Å². The summed E-state index contributed by atoms with van der Waals surface area (Å²) in [6.45, 7) is 3.79. The first kappa shape index (κ1) is 18.8. The lowest BCUT2D eigenvalue weighted by Gasteiger charge is -2.24. The first-order chi connectivity index (χ1) is 10.8. The molecule has 0 fully saturated rings. The first-order valence-corrected chi connectivity index (χ1v) is 8.60. The Labute approximate surface area is 137 Å². The number of nitrogens with two attached hydrogens (primary N) is 1. The molecule has 0 heterocycles. The molecule has 0 aliphatic heterocycles. The van der Waals surface area contributed by atoms with Crippen LogP contribution in [0, 0.1) is 5.92 Å². The van der Waals surface area contributed by atoms with E-state index in [1.807, 2.05) is 20.1 Å². The minimum atomic E-state index is -0.716. The second-order valence-electron chi connectivity index (χ2n) is 5.32. The van der Waals surface area contributed by atoms with Crippen LogP contribution >= 0.6 is 11.8 Å². The Balaban J connectivity index is 4.62. The van der Waals surface area contributed by atoms with Gasteiger partial charge >= 0.3 is 6.03 Å². The first-order valence-electron chi connectivity index (χ1n) is 7.92. The van der Waals surface area contributed by atoms with Crippen LogP contribution in [0.1, 0.15) is 35.0 Å². The van der Waals surface area contributed by atoms with Crippen LogP contribution in [0.25, 0.3) is 0 Å². The molecule has 5 N–H and O–H groups in total. The lowest BCUT2D eigenvalue weighted by Crippen LogP contribution is -2.52. The van der Waals surface area contributed by atoms with Crippen molar-refractivity contribution in [2.45, 2.75) is 45.7 Å². The van der Waals surface area contributed by atoms with Crippen LogP contribution in [0.15, 0.2) is 0 Å². The number of urea groups is 1. The lowest BCUT2D eigenvalue weighted by atomic mass is 10.0. The Hall–Kier alpha value is -1.28. The van der Waals surface area contributed by atoms with E-state index in [1.165, 1.54) is 0 Å². The lowest BCUT2D eigenvalue weighted by molar-refractivity contribution is -0.129. The van der Waals surface area contributed by atoms with Crippen molar-refractivity contribution >= 4 is 29.5 Å². The summed E-state index contributed by atoms with van der Waals surface area (Å²) in [6, 6.07) is -1.74. The Morgan fingerprint density at radius 2 is 2.00 bits per heavy atom. The standard InChI is InChI=1S/C14H28N4O3S/c1-9(2)12(17-8-22-4)13(20)18-11(10(3)19)6-5-7-16-14(15)21/h9,11-12,17H,5-8H2,1-4H3,(H,18,20)(H3,15,16,21)/t11-,12-/m0/s1/i3D. The van der Waals surface area contributed by atoms with Gasteiger partial charge in [0.15, 0.2) is 5.78 Å². The smallest absolute Gasteiger partial charge is 0.312 e. The summed E-state index contributed by atoms with van der Waals surface area (Å²) >= 11 is 1.57. The number of hydrogen-bond acceptors (Lipinski definition) is 5. The largest absolute Gasteiger partial charge is 0.352 e. The van der Waals surface area contributed by atoms with Crippen molar-refractivity contribution in [3.05, 3.63) is 0 Å². The quantitative estimate of drug-likeness (QED) is 0.324. The van der Waals surface area contributed by atoms with Crippen molar-refractivity contribution in [1.29, 1.82) is 0 Å². The van der Waals surface area contributed by atoms with E-state index in [4.69, 9.17) is 7.10 Å². The summed E-state index contributed by atoms with van der Waals surface area (Å²) in [6.07, 6.45) is 2.78. The fraction of sp³-hybridized carbons (Fsp3) is 0.786. The maximum absolute atomic E-state index is 12.4. The van der Waals surface area contributed by atoms with Crippen LogP contribution in [0.5, 0.6) is 0 Å². The van der Waals surface area contributed by atoms with Crippen LogP contribution in [-0.4, -0.2) is 48.5 Å². The highest BCUT2D eigenvalue weighted by Gasteiger charge is 2.25. The third-order valence-corrected chi connectivity index (χ3v) is 3.53. The molecule has 0 unspecified atom stereocenters. The maximum Gasteiger partial charge on any atom is 0.312 e. The van der Waals surface area contributed by atoms with Gasteiger partial charge in [-0.3, -0.25) is 14.9 Å². The van der Waals surface area contributed by atoms with Crippen molar-refractivity contribution in [3.8, 4) is 0 Å². The Morgan fingerprint density at radius 3 is 2.50 bits per heavy atom. The molecule has 8 heteroatoms. The van der Waals surface area contributed by atoms with Gasteiger partial charge < -0.3 is 16.4 Å². The Kier molecular flexibility index (Phi) is 9.65. The van der Waals surface area contributed by atoms with Gasteiger partial charge in [-0.2, -0.15) is 0 Å². The highest BCUT2D eigenvalue weighted by atomic mass is 32.2. The number of hydrogen-bond donors (Lipinski definition) is 4. The molecule has 7 nitrogen and oxygen atoms in total. The van der Waals surface area contributed by atoms with Gasteiger partial charge in [-0.25, -0.2) is 4.79 Å². The van der Waals surface area contributed by atoms with Crippen molar-refractivity contribution in [1.82, 2.24) is 16.0 Å². The molecule has 0 spiro atoms. The van der Waals surface area contributed by atoms with Crippen LogP contribution in [0.2, 0.25) is 0 Å². The zero-order valence-electron chi connectivity index (χ0n) is 14.5. The predicted molar refractivity (Wildman–Crippen MR) is 89.6 cm³/mol. The number of carbonyl (C=O) groups excluding carboxylic acids is 3. The molecule has 0 aliphatic carbocycles. The fourth-order valence-corrected chi connectivity index (χ4v) is 2.24. The number of ketones is 1. The Bertz CT molecular complexity index is 396. The fourth-order valence-electron chi connectivity index (χ4n) is 1.90. The summed E-state index contributed by atoms with van der Waals surface area (Å²) < 4.78 is 7.23. The minimum Gasteiger partial charge on any atom is -0.352 e. The third kappa shape index (κ3) is 8.89. The molecule has 2 atom stereocenters. The number of rotatable bonds is 11. The molecule has 0 saturated carbocycles. The van der Waals surface area contributed by atoms with Gasteiger partial charge in [0.25, 0.3) is 0 Å². The van der Waals surface area contributed by atoms with E-state index in [2.05, 4.69) is 16.0 Å². The zero-order chi connectivity index (χ0) is 17.8. The van der Waals surface area contributed by atoms with Crippen molar-refractivity contribution in [2.24, 2.45) is 11.7 Å². The Morgan fingerprint density at radius 1 is 1.32 bits per heavy atom. The van der Waals surface area contributed by atoms with Gasteiger partial charge in [-0.05, 0) is 31.9 Å². The number of Topliss-reactive ketones (excluding diaryl/α,β-unsaturated/α-hetero) is 1. The summed E-state index contributed by atoms with van der Waals surface area (Å²) in [5, 5.41) is 8.29. The molecular weight excluding hydrogens is 304 g/mol. The SMILES string of the molecule is [2H]CC(=O)[C@H](CCCNC(N)=O)NC(=O)[C@@H](NCSC)C(C)C. The molecular formula is C14H28N4O3S. The van der Waals surface area contributed by atoms with Gasteiger partial charge in [0.1, 0.15) is 0 Å². The summed E-state index contributed by atoms with van der Waals surface area (Å²) in [5.74, 6) is 0.120. The number of carbonyl (C=O) groups is 3. The van der Waals surface area contributed by atoms with E-state index in [1.54, 1.807) is 11.8 Å². The van der Waals surface area contributed by atoms with Crippen LogP contribution < -0.4 is 21.7 Å². The molecule has 22 heavy (non-hydrogen) atoms. The summed E-state index contributed by atoms with van der Waals surface area (Å²) in [7, 11) is 0. The van der Waals surface area contributed by atoms with Gasteiger partial charge in [0, 0.05) is 13.8 Å². The summed E-state index contributed by atoms with van der Waals surface area (Å²) in [4.78, 5) is 34.8. The molecule has 0 rings (SSSR count). The van der Waals surface area contributed by atoms with E-state index in [-0.39, 0.29) is 17.6 Å². The highest BCUT2D eigenvalue weighted by Crippen LogP contribution is 2.06. The molecule has 0 aromatic carbocycles. The van der Waals surface area contributed by atoms with E-state index < -0.39 is 25.0 Å². The maximum atomic E-state index is 12.4. The topological polar surface area (TPSA) is 113 Å². The molecule has 128 valence electrons. The molecule has 3 amide bonds. The van der Waals surface area contributed by atoms with Crippen LogP contribution in [0.4, 0.5) is 4.79 Å². The third-order valence-electron chi connectivity index (χ3n) is 3.07. The molecule has 0 saturated heterocycles. The van der Waals surface area contributed by atoms with Gasteiger partial charge in [-0.1, -0.05) is 13.8 Å². The second kappa shape index (κ2) is 11.3. The van der Waals surface area contributed by atoms with Crippen LogP contribution in [0.3, 0.4) is 0 Å². The van der Waals surface area contributed by atoms with E-state index in [0.717, 1.165) is 0 Å². The summed E-state index contributed by atoms with van der Waals surface area (Å²) in [5.41, 5.74) is 4.97. The van der Waals surface area contributed by atoms with Crippen molar-refractivity contribution in [2.75, 3.05) is 18.7 Å². The highest BCUT2D eigenvalue weighted by molar-refractivity contribution is 7.98. The molecule has 0 aromatic rings. The average molecular weight is 333 g/mol. The van der Waals surface area contributed by atoms with E-state index in [9.17, 15) is 14.4 Å². The normalized spacial score (nSPS) is 14.1. The number of amides is 3. The van der Waals surface area contributed by atoms with Crippen molar-refractivity contribution < 1.29 is 15.8 Å². The number of primary amides is 1. The zero-order valence-corrected chi connectivity index (χ0v) is 14.3. The van der Waals surface area contributed by atoms with E-state index >= 15 is 0 Å². The molecule has 0 aliphatic rings. The van der Waals surface area contributed by atoms with Crippen LogP contribution in [-0.2, 0) is 9.59 Å². The minimum absolute atomic E-state index is 0.0745. The molecule has 0 bridgehead atoms. The van der Waals surface area contributed by atoms with E-state index in [0.29, 0.717) is 25.3 Å². The molecule has 0 aromatic heterocycles. The van der Waals surface area contributed by atoms with Gasteiger partial charge in [0.05, 0.1) is 12.1 Å². The molecule has 0 radical (unpaired) electrons. The number of thioether (sulfide) groups is 1. The average Bonchev–Trinajstić information content (AvgIpc) is 2.49. The van der Waals surface area contributed by atoms with Gasteiger partial charge in [0.2, 0.25) is 5.91 Å². The predicted octanol–water partition coefficient (Wildman–Crippen LogP) is 0.443. The van der Waals surface area contributed by atoms with Crippen molar-refractivity contribution in [3.63, 3.8) is 0 Å².